The number of carboxylic acids is 1. The van der Waals surface area contributed by atoms with Gasteiger partial charge in [-0.15, -0.1) is 11.3 Å². The van der Waals surface area contributed by atoms with Gasteiger partial charge in [-0.3, -0.25) is 9.59 Å². The number of nitrogens with zero attached hydrogens (tertiary/aromatic N) is 1. The van der Waals surface area contributed by atoms with Gasteiger partial charge in [0.05, 0.1) is 10.4 Å². The molecule has 1 saturated heterocycles. The van der Waals surface area contributed by atoms with Crippen LogP contribution in [0.1, 0.15) is 23.0 Å². The van der Waals surface area contributed by atoms with E-state index >= 15 is 0 Å². The van der Waals surface area contributed by atoms with Crippen molar-refractivity contribution in [2.24, 2.45) is 5.41 Å². The highest BCUT2D eigenvalue weighted by molar-refractivity contribution is 7.12. The highest BCUT2D eigenvalue weighted by Gasteiger charge is 2.42. The molecule has 0 saturated carbocycles. The summed E-state index contributed by atoms with van der Waals surface area (Å²) < 4.78 is 0. The van der Waals surface area contributed by atoms with E-state index in [1.165, 1.54) is 11.3 Å². The monoisotopic (exact) mass is 273 g/mol. The van der Waals surface area contributed by atoms with E-state index in [1.807, 2.05) is 0 Å². The first-order chi connectivity index (χ1) is 7.94. The van der Waals surface area contributed by atoms with Crippen LogP contribution in [0.3, 0.4) is 0 Å². The number of rotatable bonds is 2. The van der Waals surface area contributed by atoms with E-state index in [2.05, 4.69) is 0 Å². The summed E-state index contributed by atoms with van der Waals surface area (Å²) in [4.78, 5) is 25.2. The van der Waals surface area contributed by atoms with E-state index in [0.717, 1.165) is 0 Å². The van der Waals surface area contributed by atoms with Crippen molar-refractivity contribution >= 4 is 34.8 Å². The van der Waals surface area contributed by atoms with Gasteiger partial charge in [0.1, 0.15) is 4.88 Å². The molecule has 1 atom stereocenters. The van der Waals surface area contributed by atoms with Crippen LogP contribution in [0.5, 0.6) is 0 Å². The SMILES string of the molecule is CC1(C(=O)O)CCN(C(=O)c2sccc2Cl)C1. The highest BCUT2D eigenvalue weighted by Crippen LogP contribution is 2.33. The van der Waals surface area contributed by atoms with Crippen LogP contribution in [0.15, 0.2) is 11.4 Å². The smallest absolute Gasteiger partial charge is 0.311 e. The molecule has 1 amide bonds. The predicted molar refractivity (Wildman–Crippen MR) is 65.6 cm³/mol. The Labute approximate surface area is 108 Å². The van der Waals surface area contributed by atoms with Gasteiger partial charge >= 0.3 is 5.97 Å². The maximum absolute atomic E-state index is 12.1. The topological polar surface area (TPSA) is 57.6 Å². The number of thiophene rings is 1. The number of halogens is 1. The average molecular weight is 274 g/mol. The molecule has 1 aliphatic heterocycles. The summed E-state index contributed by atoms with van der Waals surface area (Å²) in [6, 6.07) is 1.67. The maximum Gasteiger partial charge on any atom is 0.311 e. The Bertz CT molecular complexity index is 473. The number of carboxylic acid groups (broad SMARTS) is 1. The summed E-state index contributed by atoms with van der Waals surface area (Å²) in [7, 11) is 0. The molecular formula is C11H12ClNO3S. The molecule has 0 bridgehead atoms. The molecule has 1 fully saturated rings. The molecule has 2 heterocycles. The molecular weight excluding hydrogens is 262 g/mol. The first-order valence-electron chi connectivity index (χ1n) is 5.20. The lowest BCUT2D eigenvalue weighted by atomic mass is 9.90. The van der Waals surface area contributed by atoms with Gasteiger partial charge in [0.2, 0.25) is 0 Å². The third-order valence-electron chi connectivity index (χ3n) is 3.09. The van der Waals surface area contributed by atoms with Crippen LogP contribution < -0.4 is 0 Å². The van der Waals surface area contributed by atoms with E-state index in [0.29, 0.717) is 22.9 Å². The number of likely N-dealkylation sites (tertiary alicyclic amines) is 1. The molecule has 0 spiro atoms. The first kappa shape index (κ1) is 12.4. The fourth-order valence-electron chi connectivity index (χ4n) is 1.90. The summed E-state index contributed by atoms with van der Waals surface area (Å²) in [6.07, 6.45) is 0.483. The molecule has 1 aliphatic rings. The normalized spacial score (nSPS) is 24.0. The fraction of sp³-hybridized carbons (Fsp3) is 0.455. The zero-order chi connectivity index (χ0) is 12.6. The molecule has 6 heteroatoms. The zero-order valence-corrected chi connectivity index (χ0v) is 10.8. The Balaban J connectivity index is 2.15. The third-order valence-corrected chi connectivity index (χ3v) is 4.42. The lowest BCUT2D eigenvalue weighted by Gasteiger charge is -2.19. The van der Waals surface area contributed by atoms with Crippen LogP contribution in [-0.4, -0.2) is 35.0 Å². The Morgan fingerprint density at radius 3 is 2.76 bits per heavy atom. The van der Waals surface area contributed by atoms with Crippen molar-refractivity contribution in [1.82, 2.24) is 4.90 Å². The molecule has 17 heavy (non-hydrogen) atoms. The van der Waals surface area contributed by atoms with E-state index in [4.69, 9.17) is 16.7 Å². The zero-order valence-electron chi connectivity index (χ0n) is 9.27. The summed E-state index contributed by atoms with van der Waals surface area (Å²) in [5.74, 6) is -1.03. The van der Waals surface area contributed by atoms with Crippen molar-refractivity contribution in [2.45, 2.75) is 13.3 Å². The standard InChI is InChI=1S/C11H12ClNO3S/c1-11(10(15)16)3-4-13(6-11)9(14)8-7(12)2-5-17-8/h2,5H,3-4,6H2,1H3,(H,15,16). The van der Waals surface area contributed by atoms with E-state index in [1.54, 1.807) is 23.3 Å². The summed E-state index contributed by atoms with van der Waals surface area (Å²) in [6.45, 7) is 2.38. The summed E-state index contributed by atoms with van der Waals surface area (Å²) >= 11 is 7.18. The van der Waals surface area contributed by atoms with Crippen molar-refractivity contribution in [1.29, 1.82) is 0 Å². The maximum atomic E-state index is 12.1. The summed E-state index contributed by atoms with van der Waals surface area (Å²) in [5.41, 5.74) is -0.834. The van der Waals surface area contributed by atoms with Crippen LogP contribution in [-0.2, 0) is 4.79 Å². The molecule has 1 aromatic rings. The van der Waals surface area contributed by atoms with Gasteiger partial charge in [-0.25, -0.2) is 0 Å². The van der Waals surface area contributed by atoms with Crippen LogP contribution in [0.25, 0.3) is 0 Å². The van der Waals surface area contributed by atoms with E-state index in [-0.39, 0.29) is 12.5 Å². The second kappa shape index (κ2) is 4.31. The Hall–Kier alpha value is -1.07. The molecule has 92 valence electrons. The number of amides is 1. The molecule has 1 aromatic heterocycles. The van der Waals surface area contributed by atoms with Crippen LogP contribution in [0.4, 0.5) is 0 Å². The molecule has 2 rings (SSSR count). The second-order valence-electron chi connectivity index (χ2n) is 4.44. The molecule has 0 aromatic carbocycles. The second-order valence-corrected chi connectivity index (χ2v) is 5.76. The highest BCUT2D eigenvalue weighted by atomic mass is 35.5. The van der Waals surface area contributed by atoms with Crippen molar-refractivity contribution in [3.8, 4) is 0 Å². The first-order valence-corrected chi connectivity index (χ1v) is 6.45. The lowest BCUT2D eigenvalue weighted by molar-refractivity contribution is -0.147. The summed E-state index contributed by atoms with van der Waals surface area (Å²) in [5, 5.41) is 11.3. The van der Waals surface area contributed by atoms with Gasteiger partial charge < -0.3 is 10.0 Å². The molecule has 0 radical (unpaired) electrons. The molecule has 1 unspecified atom stereocenters. The molecule has 1 N–H and O–H groups in total. The van der Waals surface area contributed by atoms with Gasteiger partial charge in [0.15, 0.2) is 0 Å². The predicted octanol–water partition coefficient (Wildman–Crippen LogP) is 2.34. The minimum absolute atomic E-state index is 0.171. The number of carbonyl (C=O) groups is 2. The third kappa shape index (κ3) is 2.17. The van der Waals surface area contributed by atoms with Crippen LogP contribution in [0.2, 0.25) is 5.02 Å². The number of hydrogen-bond donors (Lipinski definition) is 1. The van der Waals surface area contributed by atoms with Crippen molar-refractivity contribution in [3.05, 3.63) is 21.3 Å². The average Bonchev–Trinajstić information content (AvgIpc) is 2.85. The number of aliphatic carboxylic acids is 1. The number of hydrogen-bond acceptors (Lipinski definition) is 3. The van der Waals surface area contributed by atoms with Crippen molar-refractivity contribution in [2.75, 3.05) is 13.1 Å². The minimum Gasteiger partial charge on any atom is -0.481 e. The minimum atomic E-state index is -0.856. The van der Waals surface area contributed by atoms with Gasteiger partial charge in [-0.2, -0.15) is 0 Å². The number of carbonyl (C=O) groups excluding carboxylic acids is 1. The van der Waals surface area contributed by atoms with E-state index in [9.17, 15) is 9.59 Å². The Kier molecular flexibility index (Phi) is 3.14. The fourth-order valence-corrected chi connectivity index (χ4v) is 3.00. The lowest BCUT2D eigenvalue weighted by Crippen LogP contribution is -2.34. The van der Waals surface area contributed by atoms with Gasteiger partial charge in [-0.05, 0) is 24.8 Å². The van der Waals surface area contributed by atoms with E-state index < -0.39 is 11.4 Å². The molecule has 0 aliphatic carbocycles. The van der Waals surface area contributed by atoms with Gasteiger partial charge in [-0.1, -0.05) is 11.6 Å². The molecule has 4 nitrogen and oxygen atoms in total. The van der Waals surface area contributed by atoms with Crippen molar-refractivity contribution in [3.63, 3.8) is 0 Å². The Morgan fingerprint density at radius 2 is 2.29 bits per heavy atom. The Morgan fingerprint density at radius 1 is 1.59 bits per heavy atom. The van der Waals surface area contributed by atoms with Gasteiger partial charge in [0, 0.05) is 13.1 Å². The van der Waals surface area contributed by atoms with Gasteiger partial charge in [0.25, 0.3) is 5.91 Å². The van der Waals surface area contributed by atoms with Crippen LogP contribution in [0, 0.1) is 5.41 Å². The largest absolute Gasteiger partial charge is 0.481 e. The van der Waals surface area contributed by atoms with Crippen molar-refractivity contribution < 1.29 is 14.7 Å². The van der Waals surface area contributed by atoms with Crippen LogP contribution >= 0.6 is 22.9 Å². The quantitative estimate of drug-likeness (QED) is 0.900.